The van der Waals surface area contributed by atoms with Crippen LogP contribution in [-0.4, -0.2) is 47.6 Å². The lowest BCUT2D eigenvalue weighted by Gasteiger charge is -2.23. The molecule has 0 aliphatic carbocycles. The van der Waals surface area contributed by atoms with Gasteiger partial charge >= 0.3 is 0 Å². The Labute approximate surface area is 175 Å². The minimum Gasteiger partial charge on any atom is -0.492 e. The third-order valence-corrected chi connectivity index (χ3v) is 6.09. The van der Waals surface area contributed by atoms with Crippen molar-refractivity contribution in [3.05, 3.63) is 71.7 Å². The van der Waals surface area contributed by atoms with E-state index in [1.54, 1.807) is 25.7 Å². The van der Waals surface area contributed by atoms with E-state index in [2.05, 4.69) is 16.0 Å². The van der Waals surface area contributed by atoms with E-state index >= 15 is 0 Å². The molecule has 0 saturated carbocycles. The van der Waals surface area contributed by atoms with Crippen LogP contribution in [0.1, 0.15) is 27.9 Å². The van der Waals surface area contributed by atoms with Crippen LogP contribution in [0.4, 0.5) is 0 Å². The number of likely N-dealkylation sites (tertiary alicyclic amines) is 1. The second-order valence-corrected chi connectivity index (χ2v) is 8.07. The van der Waals surface area contributed by atoms with Crippen LogP contribution in [0, 0.1) is 6.92 Å². The van der Waals surface area contributed by atoms with Gasteiger partial charge in [0.05, 0.1) is 24.7 Å². The first kappa shape index (κ1) is 18.6. The van der Waals surface area contributed by atoms with Crippen LogP contribution in [-0.2, 0) is 5.41 Å². The highest BCUT2D eigenvalue weighted by Crippen LogP contribution is 2.47. The first-order valence-corrected chi connectivity index (χ1v) is 10.1. The second-order valence-electron chi connectivity index (χ2n) is 8.07. The molecule has 0 unspecified atom stereocenters. The van der Waals surface area contributed by atoms with Gasteiger partial charge in [0, 0.05) is 42.8 Å². The highest BCUT2D eigenvalue weighted by molar-refractivity contribution is 5.94. The number of aromatic nitrogens is 2. The molecule has 30 heavy (non-hydrogen) atoms. The van der Waals surface area contributed by atoms with Crippen LogP contribution in [0.15, 0.2) is 55.0 Å². The van der Waals surface area contributed by atoms with E-state index in [0.717, 1.165) is 34.4 Å². The Kier molecular flexibility index (Phi) is 4.42. The lowest BCUT2D eigenvalue weighted by molar-refractivity contribution is 0.0780. The number of nitrogens with zero attached hydrogens (tertiary/aromatic N) is 3. The summed E-state index contributed by atoms with van der Waals surface area (Å²) in [5.74, 6) is 1.52. The molecule has 2 aromatic heterocycles. The van der Waals surface area contributed by atoms with Crippen molar-refractivity contribution in [3.63, 3.8) is 0 Å². The van der Waals surface area contributed by atoms with Crippen molar-refractivity contribution in [1.82, 2.24) is 14.9 Å². The number of carbonyl (C=O) groups excluding carboxylic acids is 1. The van der Waals surface area contributed by atoms with Crippen molar-refractivity contribution in [2.45, 2.75) is 18.8 Å². The number of methoxy groups -OCH3 is 1. The largest absolute Gasteiger partial charge is 0.492 e. The van der Waals surface area contributed by atoms with E-state index in [1.807, 2.05) is 42.2 Å². The van der Waals surface area contributed by atoms with Gasteiger partial charge < -0.3 is 14.4 Å². The number of benzene rings is 1. The van der Waals surface area contributed by atoms with Crippen LogP contribution in [0.5, 0.6) is 11.6 Å². The first-order valence-electron chi connectivity index (χ1n) is 10.1. The number of aryl methyl sites for hydroxylation is 1. The Hall–Kier alpha value is -3.41. The average molecular weight is 401 g/mol. The van der Waals surface area contributed by atoms with Crippen molar-refractivity contribution in [1.29, 1.82) is 0 Å². The van der Waals surface area contributed by atoms with Gasteiger partial charge in [-0.1, -0.05) is 6.07 Å². The molecule has 3 aromatic rings. The molecule has 0 radical (unpaired) electrons. The zero-order valence-electron chi connectivity index (χ0n) is 17.1. The summed E-state index contributed by atoms with van der Waals surface area (Å²) in [4.78, 5) is 23.5. The monoisotopic (exact) mass is 401 g/mol. The fourth-order valence-corrected chi connectivity index (χ4v) is 4.54. The van der Waals surface area contributed by atoms with E-state index in [-0.39, 0.29) is 11.3 Å². The number of rotatable bonds is 3. The maximum atomic E-state index is 13.0. The molecule has 2 aliphatic rings. The second kappa shape index (κ2) is 7.13. The predicted molar refractivity (Wildman–Crippen MR) is 113 cm³/mol. The van der Waals surface area contributed by atoms with Gasteiger partial charge in [0.15, 0.2) is 0 Å². The zero-order valence-corrected chi connectivity index (χ0v) is 17.1. The molecule has 5 rings (SSSR count). The fourth-order valence-electron chi connectivity index (χ4n) is 4.54. The van der Waals surface area contributed by atoms with E-state index in [9.17, 15) is 4.79 Å². The molecule has 1 aromatic carbocycles. The Morgan fingerprint density at radius 2 is 2.13 bits per heavy atom. The summed E-state index contributed by atoms with van der Waals surface area (Å²) < 4.78 is 11.5. The van der Waals surface area contributed by atoms with E-state index in [4.69, 9.17) is 9.47 Å². The summed E-state index contributed by atoms with van der Waals surface area (Å²) in [6, 6.07) is 12.0. The van der Waals surface area contributed by atoms with E-state index in [0.29, 0.717) is 31.1 Å². The smallest absolute Gasteiger partial charge is 0.255 e. The number of ether oxygens (including phenoxy) is 2. The maximum absolute atomic E-state index is 13.0. The maximum Gasteiger partial charge on any atom is 0.255 e. The van der Waals surface area contributed by atoms with Crippen molar-refractivity contribution in [2.24, 2.45) is 0 Å². The van der Waals surface area contributed by atoms with Crippen molar-refractivity contribution in [3.8, 4) is 22.8 Å². The normalized spacial score (nSPS) is 19.6. The van der Waals surface area contributed by atoms with Crippen LogP contribution >= 0.6 is 0 Å². The minimum atomic E-state index is -0.187. The number of amides is 1. The number of hydrogen-bond donors (Lipinski definition) is 0. The number of fused-ring (bicyclic) bond motifs is 2. The van der Waals surface area contributed by atoms with Gasteiger partial charge in [-0.3, -0.25) is 9.78 Å². The fraction of sp³-hybridized carbons (Fsp3) is 0.292. The Balaban J connectivity index is 1.46. The quantitative estimate of drug-likeness (QED) is 0.671. The van der Waals surface area contributed by atoms with Crippen LogP contribution in [0.3, 0.4) is 0 Å². The average Bonchev–Trinajstić information content (AvgIpc) is 3.38. The van der Waals surface area contributed by atoms with E-state index < -0.39 is 0 Å². The third-order valence-electron chi connectivity index (χ3n) is 6.09. The molecule has 1 atom stereocenters. The van der Waals surface area contributed by atoms with Crippen LogP contribution in [0.25, 0.3) is 11.1 Å². The summed E-state index contributed by atoms with van der Waals surface area (Å²) in [5, 5.41) is 0. The summed E-state index contributed by atoms with van der Waals surface area (Å²) >= 11 is 0. The topological polar surface area (TPSA) is 64.5 Å². The number of pyridine rings is 2. The Morgan fingerprint density at radius 1 is 1.23 bits per heavy atom. The summed E-state index contributed by atoms with van der Waals surface area (Å²) in [7, 11) is 1.63. The number of hydrogen-bond acceptors (Lipinski definition) is 5. The van der Waals surface area contributed by atoms with Crippen molar-refractivity contribution < 1.29 is 14.3 Å². The molecule has 1 spiro atoms. The van der Waals surface area contributed by atoms with Gasteiger partial charge in [-0.05, 0) is 54.8 Å². The SMILES string of the molecule is COc1ncccc1-c1ccc2c(c1)[C@@]1(CCN(C(=O)c3cncc(C)c3)C1)CO2. The van der Waals surface area contributed by atoms with Gasteiger partial charge in [-0.15, -0.1) is 0 Å². The van der Waals surface area contributed by atoms with Gasteiger partial charge in [0.1, 0.15) is 5.75 Å². The predicted octanol–water partition coefficient (Wildman–Crippen LogP) is 3.64. The Bertz CT molecular complexity index is 1130. The van der Waals surface area contributed by atoms with Gasteiger partial charge in [-0.2, -0.15) is 0 Å². The van der Waals surface area contributed by atoms with Crippen LogP contribution in [0.2, 0.25) is 0 Å². The highest BCUT2D eigenvalue weighted by atomic mass is 16.5. The zero-order chi connectivity index (χ0) is 20.7. The molecule has 0 bridgehead atoms. The molecule has 6 nitrogen and oxygen atoms in total. The Morgan fingerprint density at radius 3 is 2.97 bits per heavy atom. The molecular formula is C24H23N3O3. The molecule has 0 N–H and O–H groups in total. The molecule has 2 aliphatic heterocycles. The summed E-state index contributed by atoms with van der Waals surface area (Å²) in [6.45, 7) is 3.88. The molecule has 1 saturated heterocycles. The van der Waals surface area contributed by atoms with Gasteiger partial charge in [-0.25, -0.2) is 4.98 Å². The van der Waals surface area contributed by atoms with Crippen LogP contribution < -0.4 is 9.47 Å². The minimum absolute atomic E-state index is 0.0293. The van der Waals surface area contributed by atoms with Gasteiger partial charge in [0.2, 0.25) is 5.88 Å². The van der Waals surface area contributed by atoms with Crippen molar-refractivity contribution in [2.75, 3.05) is 26.8 Å². The lowest BCUT2D eigenvalue weighted by atomic mass is 9.80. The molecular weight excluding hydrogens is 378 g/mol. The molecule has 4 heterocycles. The molecule has 6 heteroatoms. The van der Waals surface area contributed by atoms with E-state index in [1.165, 1.54) is 0 Å². The number of carbonyl (C=O) groups is 1. The molecule has 1 fully saturated rings. The first-order chi connectivity index (χ1) is 14.6. The summed E-state index contributed by atoms with van der Waals surface area (Å²) in [6.07, 6.45) is 6.00. The molecule has 152 valence electrons. The lowest BCUT2D eigenvalue weighted by Crippen LogP contribution is -2.35. The van der Waals surface area contributed by atoms with Gasteiger partial charge in [0.25, 0.3) is 5.91 Å². The third kappa shape index (κ3) is 3.00. The highest BCUT2D eigenvalue weighted by Gasteiger charge is 2.47. The molecule has 1 amide bonds. The standard InChI is InChI=1S/C24H23N3O3/c1-16-10-18(13-25-12-16)23(28)27-9-7-24(14-27)15-30-21-6-5-17(11-20(21)24)19-4-3-8-26-22(19)29-2/h3-6,8,10-13H,7,9,14-15H2,1-2H3/t24-/m1/s1. The van der Waals surface area contributed by atoms with Crippen molar-refractivity contribution >= 4 is 5.91 Å². The summed E-state index contributed by atoms with van der Waals surface area (Å²) in [5.41, 5.74) is 4.58.